The van der Waals surface area contributed by atoms with Gasteiger partial charge in [0.25, 0.3) is 5.72 Å². The highest BCUT2D eigenvalue weighted by atomic mass is 35.5. The first-order chi connectivity index (χ1) is 18.2. The molecule has 216 valence electrons. The number of ether oxygens (including phenoxy) is 1. The molecule has 0 amide bonds. The van der Waals surface area contributed by atoms with Gasteiger partial charge in [-0.3, -0.25) is 4.79 Å². The Morgan fingerprint density at radius 2 is 1.97 bits per heavy atom. The van der Waals surface area contributed by atoms with Crippen molar-refractivity contribution in [2.24, 2.45) is 23.7 Å². The van der Waals surface area contributed by atoms with Crippen LogP contribution < -0.4 is 0 Å². The first kappa shape index (κ1) is 28.8. The Balaban J connectivity index is 1.83. The fourth-order valence-corrected chi connectivity index (χ4v) is 8.71. The second-order valence-electron chi connectivity index (χ2n) is 12.7. The minimum absolute atomic E-state index is 0.0316. The molecule has 1 unspecified atom stereocenters. The monoisotopic (exact) mass is 565 g/mol. The zero-order valence-corrected chi connectivity index (χ0v) is 24.4. The summed E-state index contributed by atoms with van der Waals surface area (Å²) in [5.41, 5.74) is -4.44. The van der Waals surface area contributed by atoms with E-state index in [1.54, 1.807) is 0 Å². The Bertz CT molecular complexity index is 1170. The van der Waals surface area contributed by atoms with Gasteiger partial charge in [0.1, 0.15) is 13.1 Å². The maximum absolute atomic E-state index is 13.4. The number of aliphatic hydroxyl groups is 2. The van der Waals surface area contributed by atoms with Crippen molar-refractivity contribution in [3.8, 4) is 0 Å². The fraction of sp³-hybridized carbons (Fsp3) is 0.724. The van der Waals surface area contributed by atoms with Gasteiger partial charge in [0.15, 0.2) is 11.3 Å². The molecule has 0 spiro atoms. The van der Waals surface area contributed by atoms with Crippen molar-refractivity contribution < 1.29 is 39.1 Å². The van der Waals surface area contributed by atoms with Crippen LogP contribution in [0.1, 0.15) is 66.2 Å². The van der Waals surface area contributed by atoms with E-state index in [0.717, 1.165) is 19.3 Å². The maximum Gasteiger partial charge on any atom is 0.364 e. The number of carboxylic acid groups (broad SMARTS) is 1. The number of fused-ring (bicyclic) bond motifs is 4. The van der Waals surface area contributed by atoms with Crippen molar-refractivity contribution in [2.75, 3.05) is 14.1 Å². The minimum atomic E-state index is -2.30. The summed E-state index contributed by atoms with van der Waals surface area (Å²) in [5, 5.41) is 36.9. The molecule has 5 rings (SSSR count). The number of likely N-dealkylation sites (tertiary alicyclic amines) is 1. The van der Waals surface area contributed by atoms with E-state index in [-0.39, 0.29) is 22.5 Å². The third kappa shape index (κ3) is 3.77. The predicted octanol–water partition coefficient (Wildman–Crippen LogP) is 3.66. The summed E-state index contributed by atoms with van der Waals surface area (Å²) in [4.78, 5) is 34.1. The second-order valence-corrected chi connectivity index (χ2v) is 13.1. The lowest BCUT2D eigenvalue weighted by molar-refractivity contribution is -1.09. The molecule has 2 heterocycles. The molecule has 3 aliphatic carbocycles. The fourth-order valence-electron chi connectivity index (χ4n) is 8.19. The Labute approximate surface area is 235 Å². The van der Waals surface area contributed by atoms with E-state index in [2.05, 4.69) is 0 Å². The number of allylic oxidation sites excluding steroid dienone is 3. The number of halogens is 1. The SMILES string of the molecule is CC(=O)O[C@]1(C(=O)O)[C@@H](C2CC=C[C@@H]3CCCC[C@]23O)[C@@]2(O)C3=C[C@H](C)CC(Cl)=C3[N@+](C)(C(C)C)O[C@H]2N1C. The van der Waals surface area contributed by atoms with Gasteiger partial charge in [-0.25, -0.2) is 9.69 Å². The molecule has 5 aliphatic rings. The smallest absolute Gasteiger partial charge is 0.364 e. The minimum Gasteiger partial charge on any atom is -0.477 e. The molecule has 39 heavy (non-hydrogen) atoms. The Morgan fingerprint density at radius 3 is 2.59 bits per heavy atom. The number of quaternary nitrogens is 1. The second kappa shape index (κ2) is 9.39. The highest BCUT2D eigenvalue weighted by molar-refractivity contribution is 6.30. The van der Waals surface area contributed by atoms with Crippen LogP contribution in [-0.4, -0.2) is 80.1 Å². The third-order valence-corrected chi connectivity index (χ3v) is 10.5. The van der Waals surface area contributed by atoms with Crippen LogP contribution in [0.5, 0.6) is 0 Å². The molecule has 0 bridgehead atoms. The van der Waals surface area contributed by atoms with E-state index >= 15 is 0 Å². The number of hydroxylamine groups is 3. The van der Waals surface area contributed by atoms with Gasteiger partial charge in [-0.1, -0.05) is 49.6 Å². The molecule has 0 aromatic heterocycles. The number of rotatable bonds is 4. The van der Waals surface area contributed by atoms with E-state index in [1.165, 1.54) is 18.9 Å². The number of hydrogen-bond donors (Lipinski definition) is 3. The quantitative estimate of drug-likeness (QED) is 0.269. The first-order valence-corrected chi connectivity index (χ1v) is 14.5. The van der Waals surface area contributed by atoms with Gasteiger partial charge in [-0.15, -0.1) is 4.65 Å². The average Bonchev–Trinajstić information content (AvgIpc) is 3.02. The lowest BCUT2D eigenvalue weighted by Crippen LogP contribution is -2.67. The van der Waals surface area contributed by atoms with E-state index in [9.17, 15) is 24.9 Å². The molecule has 3 fully saturated rings. The van der Waals surface area contributed by atoms with Gasteiger partial charge in [-0.05, 0) is 52.5 Å². The molecule has 2 saturated heterocycles. The third-order valence-electron chi connectivity index (χ3n) is 10.2. The van der Waals surface area contributed by atoms with Gasteiger partial charge in [0, 0.05) is 18.8 Å². The van der Waals surface area contributed by atoms with Crippen LogP contribution in [0.25, 0.3) is 0 Å². The summed E-state index contributed by atoms with van der Waals surface area (Å²) in [5.74, 6) is -4.43. The summed E-state index contributed by atoms with van der Waals surface area (Å²) in [6, 6.07) is -0.139. The number of nitrogens with zero attached hydrogens (tertiary/aromatic N) is 2. The Morgan fingerprint density at radius 1 is 1.28 bits per heavy atom. The number of hydrogen-bond acceptors (Lipinski definition) is 7. The van der Waals surface area contributed by atoms with E-state index in [1.807, 2.05) is 46.0 Å². The van der Waals surface area contributed by atoms with Gasteiger partial charge < -0.3 is 20.1 Å². The molecule has 2 aliphatic heterocycles. The summed E-state index contributed by atoms with van der Waals surface area (Å²) in [6.45, 7) is 7.11. The zero-order valence-electron chi connectivity index (χ0n) is 23.7. The van der Waals surface area contributed by atoms with Crippen molar-refractivity contribution >= 4 is 23.5 Å². The van der Waals surface area contributed by atoms with Crippen LogP contribution in [-0.2, 0) is 19.2 Å². The Kier molecular flexibility index (Phi) is 6.93. The van der Waals surface area contributed by atoms with Crippen LogP contribution in [0, 0.1) is 23.7 Å². The summed E-state index contributed by atoms with van der Waals surface area (Å²) in [7, 11) is 3.37. The number of carboxylic acids is 1. The van der Waals surface area contributed by atoms with Crippen LogP contribution in [0.2, 0.25) is 0 Å². The van der Waals surface area contributed by atoms with Crippen molar-refractivity contribution in [3.05, 3.63) is 34.5 Å². The van der Waals surface area contributed by atoms with Gasteiger partial charge in [0.2, 0.25) is 6.23 Å². The molecular formula is C29H42ClN2O7+. The number of carbonyl (C=O) groups excluding carboxylic acids is 1. The largest absolute Gasteiger partial charge is 0.477 e. The van der Waals surface area contributed by atoms with Gasteiger partial charge in [0.05, 0.1) is 22.1 Å². The molecule has 0 radical (unpaired) electrons. The molecule has 1 saturated carbocycles. The number of likely N-dealkylation sites (N-methyl/N-ethyl adjacent to an activating group) is 2. The summed E-state index contributed by atoms with van der Waals surface area (Å²) < 4.78 is 5.72. The molecule has 9 nitrogen and oxygen atoms in total. The number of esters is 1. The lowest BCUT2D eigenvalue weighted by Gasteiger charge is -2.55. The molecule has 0 aromatic carbocycles. The van der Waals surface area contributed by atoms with E-state index < -0.39 is 46.9 Å². The van der Waals surface area contributed by atoms with Crippen LogP contribution in [0.3, 0.4) is 0 Å². The van der Waals surface area contributed by atoms with Crippen molar-refractivity contribution in [1.82, 2.24) is 4.90 Å². The summed E-state index contributed by atoms with van der Waals surface area (Å²) in [6.07, 6.45) is 8.57. The van der Waals surface area contributed by atoms with Crippen LogP contribution in [0.4, 0.5) is 0 Å². The first-order valence-electron chi connectivity index (χ1n) is 14.1. The zero-order chi connectivity index (χ0) is 28.7. The topological polar surface area (TPSA) is 117 Å². The molecule has 3 N–H and O–H groups in total. The van der Waals surface area contributed by atoms with Crippen molar-refractivity contribution in [3.63, 3.8) is 0 Å². The highest BCUT2D eigenvalue weighted by Crippen LogP contribution is 2.64. The van der Waals surface area contributed by atoms with E-state index in [0.29, 0.717) is 35.6 Å². The Hall–Kier alpha value is -1.75. The highest BCUT2D eigenvalue weighted by Gasteiger charge is 2.80. The van der Waals surface area contributed by atoms with Crippen LogP contribution >= 0.6 is 11.6 Å². The molecule has 9 atom stereocenters. The maximum atomic E-state index is 13.4. The number of aliphatic carboxylic acids is 1. The summed E-state index contributed by atoms with van der Waals surface area (Å²) >= 11 is 6.95. The van der Waals surface area contributed by atoms with Crippen LogP contribution in [0.15, 0.2) is 34.5 Å². The lowest BCUT2D eigenvalue weighted by atomic mass is 9.56. The standard InChI is InChI=1S/C29H41ClN2O7/c1-16(2)32(6)23-21(14-17(3)15-22(23)30)28(37)24(20-12-9-11-19-10-7-8-13-27(19,20)36)29(26(34)35,38-18(4)33)31(5)25(28)39-32/h9,11,14,16-17,19-20,24-25,36-37H,7-8,10,12-13,15H2,1-6H3/p+1/t17-,19-,20?,24-,25+,27+,28-,29-,32-/m0/s1. The normalized spacial score (nSPS) is 45.9. The molecule has 10 heteroatoms. The number of carbonyl (C=O) groups is 2. The van der Waals surface area contributed by atoms with Gasteiger partial charge in [-0.2, -0.15) is 4.84 Å². The molecular weight excluding hydrogens is 524 g/mol. The van der Waals surface area contributed by atoms with Crippen molar-refractivity contribution in [2.45, 2.75) is 95.4 Å². The van der Waals surface area contributed by atoms with E-state index in [4.69, 9.17) is 21.2 Å². The van der Waals surface area contributed by atoms with Crippen molar-refractivity contribution in [1.29, 1.82) is 0 Å². The molecule has 0 aromatic rings. The predicted molar refractivity (Wildman–Crippen MR) is 143 cm³/mol. The van der Waals surface area contributed by atoms with Gasteiger partial charge >= 0.3 is 11.9 Å². The average molecular weight is 566 g/mol.